The minimum atomic E-state index is -0.939. The largest absolute Gasteiger partial charge is 0.494 e. The number of carboxylic acids is 1. The molecule has 4 nitrogen and oxygen atoms in total. The van der Waals surface area contributed by atoms with Gasteiger partial charge < -0.3 is 14.6 Å². The number of benzene rings is 1. The Hall–Kier alpha value is -1.71. The van der Waals surface area contributed by atoms with Crippen LogP contribution in [0.5, 0.6) is 11.5 Å². The topological polar surface area (TPSA) is 55.8 Å². The van der Waals surface area contributed by atoms with Crippen LogP contribution in [0.2, 0.25) is 0 Å². The van der Waals surface area contributed by atoms with Crippen LogP contribution in [-0.4, -0.2) is 23.8 Å². The van der Waals surface area contributed by atoms with Crippen LogP contribution in [0.25, 0.3) is 0 Å². The molecule has 0 aliphatic rings. The van der Waals surface area contributed by atoms with Gasteiger partial charge >= 0.3 is 5.97 Å². The van der Waals surface area contributed by atoms with Gasteiger partial charge in [-0.3, -0.25) is 0 Å². The van der Waals surface area contributed by atoms with Crippen molar-refractivity contribution in [3.63, 3.8) is 0 Å². The summed E-state index contributed by atoms with van der Waals surface area (Å²) in [6.45, 7) is 6.40. The standard InChI is InChI=1S/C14H20O4/c1-4-17-11-6-5-7-12(9-11)18-13(14(15)16)8-10(2)3/h5-7,9-10,13H,4,8H2,1-3H3,(H,15,16)/t13-/m1/s1. The molecule has 1 rings (SSSR count). The second-order valence-electron chi connectivity index (χ2n) is 4.48. The zero-order valence-electron chi connectivity index (χ0n) is 11.1. The molecule has 0 aliphatic carbocycles. The first-order chi connectivity index (χ1) is 8.52. The molecule has 0 heterocycles. The van der Waals surface area contributed by atoms with Crippen molar-refractivity contribution in [2.75, 3.05) is 6.61 Å². The quantitative estimate of drug-likeness (QED) is 0.810. The van der Waals surface area contributed by atoms with E-state index in [0.29, 0.717) is 24.5 Å². The second kappa shape index (κ2) is 6.89. The highest BCUT2D eigenvalue weighted by Gasteiger charge is 2.20. The molecular weight excluding hydrogens is 232 g/mol. The van der Waals surface area contributed by atoms with Crippen molar-refractivity contribution in [3.8, 4) is 11.5 Å². The lowest BCUT2D eigenvalue weighted by Crippen LogP contribution is -2.28. The summed E-state index contributed by atoms with van der Waals surface area (Å²) in [7, 11) is 0. The lowest BCUT2D eigenvalue weighted by Gasteiger charge is -2.17. The van der Waals surface area contributed by atoms with Crippen molar-refractivity contribution in [2.24, 2.45) is 5.92 Å². The van der Waals surface area contributed by atoms with E-state index < -0.39 is 12.1 Å². The predicted molar refractivity (Wildman–Crippen MR) is 69.1 cm³/mol. The Bertz CT molecular complexity index is 387. The van der Waals surface area contributed by atoms with Gasteiger partial charge in [0.15, 0.2) is 6.10 Å². The first kappa shape index (κ1) is 14.4. The molecule has 0 saturated carbocycles. The van der Waals surface area contributed by atoms with E-state index in [1.807, 2.05) is 26.8 Å². The summed E-state index contributed by atoms with van der Waals surface area (Å²) in [5.74, 6) is 0.532. The fourth-order valence-electron chi connectivity index (χ4n) is 1.60. The summed E-state index contributed by atoms with van der Waals surface area (Å²) >= 11 is 0. The molecule has 1 aromatic rings. The summed E-state index contributed by atoms with van der Waals surface area (Å²) in [5, 5.41) is 9.10. The van der Waals surface area contributed by atoms with E-state index in [2.05, 4.69) is 0 Å². The van der Waals surface area contributed by atoms with E-state index >= 15 is 0 Å². The average molecular weight is 252 g/mol. The van der Waals surface area contributed by atoms with Crippen molar-refractivity contribution in [2.45, 2.75) is 33.3 Å². The smallest absolute Gasteiger partial charge is 0.344 e. The molecule has 18 heavy (non-hydrogen) atoms. The first-order valence-electron chi connectivity index (χ1n) is 6.15. The Morgan fingerprint density at radius 2 is 2.00 bits per heavy atom. The van der Waals surface area contributed by atoms with E-state index in [1.165, 1.54) is 0 Å². The van der Waals surface area contributed by atoms with Crippen molar-refractivity contribution < 1.29 is 19.4 Å². The van der Waals surface area contributed by atoms with Crippen LogP contribution in [0.4, 0.5) is 0 Å². The van der Waals surface area contributed by atoms with Gasteiger partial charge in [0.25, 0.3) is 0 Å². The molecule has 0 amide bonds. The van der Waals surface area contributed by atoms with E-state index in [0.717, 1.165) is 0 Å². The van der Waals surface area contributed by atoms with Gasteiger partial charge in [-0.15, -0.1) is 0 Å². The SMILES string of the molecule is CCOc1cccc(O[C@H](CC(C)C)C(=O)O)c1. The Morgan fingerprint density at radius 1 is 1.33 bits per heavy atom. The van der Waals surface area contributed by atoms with Crippen LogP contribution in [0.1, 0.15) is 27.2 Å². The van der Waals surface area contributed by atoms with Gasteiger partial charge in [-0.25, -0.2) is 4.79 Å². The van der Waals surface area contributed by atoms with Gasteiger partial charge in [0.2, 0.25) is 0 Å². The van der Waals surface area contributed by atoms with Crippen LogP contribution < -0.4 is 9.47 Å². The Labute approximate surface area is 108 Å². The minimum absolute atomic E-state index is 0.265. The van der Waals surface area contributed by atoms with Gasteiger partial charge in [0.05, 0.1) is 6.61 Å². The van der Waals surface area contributed by atoms with Crippen molar-refractivity contribution in [1.82, 2.24) is 0 Å². The van der Waals surface area contributed by atoms with Crippen molar-refractivity contribution in [1.29, 1.82) is 0 Å². The molecule has 0 aromatic heterocycles. The molecule has 0 radical (unpaired) electrons. The summed E-state index contributed by atoms with van der Waals surface area (Å²) in [6, 6.07) is 7.04. The highest BCUT2D eigenvalue weighted by molar-refractivity contribution is 5.72. The molecule has 0 aliphatic heterocycles. The van der Waals surface area contributed by atoms with Crippen LogP contribution >= 0.6 is 0 Å². The lowest BCUT2D eigenvalue weighted by atomic mass is 10.1. The van der Waals surface area contributed by atoms with Gasteiger partial charge in [0.1, 0.15) is 11.5 Å². The Kier molecular flexibility index (Phi) is 5.49. The van der Waals surface area contributed by atoms with E-state index in [4.69, 9.17) is 14.6 Å². The summed E-state index contributed by atoms with van der Waals surface area (Å²) < 4.78 is 10.8. The monoisotopic (exact) mass is 252 g/mol. The number of aliphatic carboxylic acids is 1. The molecule has 0 unspecified atom stereocenters. The molecule has 1 atom stereocenters. The Balaban J connectivity index is 2.73. The Morgan fingerprint density at radius 3 is 2.56 bits per heavy atom. The summed E-state index contributed by atoms with van der Waals surface area (Å²) in [6.07, 6.45) is -0.337. The van der Waals surface area contributed by atoms with Crippen LogP contribution in [0.3, 0.4) is 0 Å². The molecule has 1 aromatic carbocycles. The normalized spacial score (nSPS) is 12.2. The molecule has 0 fully saturated rings. The molecule has 0 spiro atoms. The number of hydrogen-bond donors (Lipinski definition) is 1. The fraction of sp³-hybridized carbons (Fsp3) is 0.500. The minimum Gasteiger partial charge on any atom is -0.494 e. The van der Waals surface area contributed by atoms with Gasteiger partial charge in [-0.05, 0) is 31.4 Å². The number of carbonyl (C=O) groups is 1. The maximum absolute atomic E-state index is 11.1. The molecule has 0 saturated heterocycles. The molecule has 100 valence electrons. The van der Waals surface area contributed by atoms with Gasteiger partial charge in [-0.2, -0.15) is 0 Å². The average Bonchev–Trinajstić information content (AvgIpc) is 2.28. The van der Waals surface area contributed by atoms with Gasteiger partial charge in [-0.1, -0.05) is 19.9 Å². The predicted octanol–water partition coefficient (Wildman–Crippen LogP) is 2.96. The molecule has 0 bridgehead atoms. The van der Waals surface area contributed by atoms with E-state index in [1.54, 1.807) is 18.2 Å². The summed E-state index contributed by atoms with van der Waals surface area (Å²) in [4.78, 5) is 11.1. The third-order valence-corrected chi connectivity index (χ3v) is 2.36. The van der Waals surface area contributed by atoms with Crippen molar-refractivity contribution in [3.05, 3.63) is 24.3 Å². The zero-order chi connectivity index (χ0) is 13.5. The number of ether oxygens (including phenoxy) is 2. The van der Waals surface area contributed by atoms with Crippen molar-refractivity contribution >= 4 is 5.97 Å². The maximum atomic E-state index is 11.1. The summed E-state index contributed by atoms with van der Waals surface area (Å²) in [5.41, 5.74) is 0. The third-order valence-electron chi connectivity index (χ3n) is 2.36. The second-order valence-corrected chi connectivity index (χ2v) is 4.48. The van der Waals surface area contributed by atoms with Gasteiger partial charge in [0, 0.05) is 6.07 Å². The maximum Gasteiger partial charge on any atom is 0.344 e. The molecule has 1 N–H and O–H groups in total. The third kappa shape index (κ3) is 4.65. The highest BCUT2D eigenvalue weighted by Crippen LogP contribution is 2.22. The van der Waals surface area contributed by atoms with Crippen LogP contribution in [-0.2, 0) is 4.79 Å². The highest BCUT2D eigenvalue weighted by atomic mass is 16.5. The molecule has 4 heteroatoms. The zero-order valence-corrected chi connectivity index (χ0v) is 11.1. The molecular formula is C14H20O4. The lowest BCUT2D eigenvalue weighted by molar-refractivity contribution is -0.145. The number of hydrogen-bond acceptors (Lipinski definition) is 3. The number of rotatable bonds is 7. The van der Waals surface area contributed by atoms with Crippen LogP contribution in [0.15, 0.2) is 24.3 Å². The first-order valence-corrected chi connectivity index (χ1v) is 6.15. The van der Waals surface area contributed by atoms with Crippen LogP contribution in [0, 0.1) is 5.92 Å². The fourth-order valence-corrected chi connectivity index (χ4v) is 1.60. The van der Waals surface area contributed by atoms with E-state index in [9.17, 15) is 4.79 Å². The van der Waals surface area contributed by atoms with E-state index in [-0.39, 0.29) is 5.92 Å². The number of carboxylic acid groups (broad SMARTS) is 1.